The van der Waals surface area contributed by atoms with E-state index in [1.54, 1.807) is 18.2 Å². The molecule has 0 bridgehead atoms. The Morgan fingerprint density at radius 1 is 1.17 bits per heavy atom. The van der Waals surface area contributed by atoms with Gasteiger partial charge in [-0.15, -0.1) is 11.3 Å². The van der Waals surface area contributed by atoms with Gasteiger partial charge in [0.1, 0.15) is 5.82 Å². The Hall–Kier alpha value is -1.80. The van der Waals surface area contributed by atoms with Crippen LogP contribution >= 0.6 is 33.9 Å². The zero-order valence-electron chi connectivity index (χ0n) is 13.1. The van der Waals surface area contributed by atoms with E-state index in [0.717, 1.165) is 19.7 Å². The third-order valence-electron chi connectivity index (χ3n) is 3.62. The topological polar surface area (TPSA) is 34.4 Å². The highest BCUT2D eigenvalue weighted by Gasteiger charge is 2.13. The van der Waals surface area contributed by atoms with Crippen LogP contribution in [0.15, 0.2) is 53.5 Å². The largest absolute Gasteiger partial charge is 0.319 e. The van der Waals surface area contributed by atoms with Gasteiger partial charge in [0.05, 0.1) is 11.3 Å². The van der Waals surface area contributed by atoms with Crippen molar-refractivity contribution in [3.8, 4) is 11.3 Å². The summed E-state index contributed by atoms with van der Waals surface area (Å²) in [6.07, 6.45) is 0. The summed E-state index contributed by atoms with van der Waals surface area (Å²) in [5.41, 5.74) is 2.43. The van der Waals surface area contributed by atoms with Gasteiger partial charge in [0.2, 0.25) is 0 Å². The average Bonchev–Trinajstić information content (AvgIpc) is 2.83. The predicted octanol–water partition coefficient (Wildman–Crippen LogP) is 4.55. The Labute approximate surface area is 156 Å². The van der Waals surface area contributed by atoms with Crippen LogP contribution in [-0.2, 0) is 7.05 Å². The molecule has 0 aliphatic carbocycles. The molecule has 3 rings (SSSR count). The van der Waals surface area contributed by atoms with E-state index in [2.05, 4.69) is 27.6 Å². The molecule has 2 aromatic carbocycles. The molecule has 0 aliphatic heterocycles. The number of carbonyl (C=O) groups is 1. The zero-order valence-corrected chi connectivity index (χ0v) is 16.1. The lowest BCUT2D eigenvalue weighted by molar-refractivity contribution is 0.0997. The number of benzene rings is 2. The van der Waals surface area contributed by atoms with Crippen molar-refractivity contribution in [3.05, 3.63) is 73.2 Å². The Kier molecular flexibility index (Phi) is 4.96. The van der Waals surface area contributed by atoms with Gasteiger partial charge in [0.25, 0.3) is 5.91 Å². The lowest BCUT2D eigenvalue weighted by Gasteiger charge is -2.04. The molecule has 0 spiro atoms. The SMILES string of the molecule is Cc1sc(=NC(=O)c2ccccc2I)n(C)c1-c1ccc(F)cc1. The molecule has 0 saturated carbocycles. The molecule has 1 amide bonds. The second-order valence-corrected chi connectivity index (χ2v) is 7.60. The molecule has 3 aromatic rings. The van der Waals surface area contributed by atoms with E-state index in [9.17, 15) is 9.18 Å². The molecule has 24 heavy (non-hydrogen) atoms. The Morgan fingerprint density at radius 2 is 1.83 bits per heavy atom. The van der Waals surface area contributed by atoms with Crippen LogP contribution in [-0.4, -0.2) is 10.5 Å². The summed E-state index contributed by atoms with van der Waals surface area (Å²) in [6.45, 7) is 1.97. The number of hydrogen-bond acceptors (Lipinski definition) is 2. The zero-order chi connectivity index (χ0) is 17.3. The number of thiazole rings is 1. The van der Waals surface area contributed by atoms with Crippen molar-refractivity contribution < 1.29 is 9.18 Å². The normalized spacial score (nSPS) is 11.8. The highest BCUT2D eigenvalue weighted by atomic mass is 127. The number of nitrogens with zero attached hydrogens (tertiary/aromatic N) is 2. The Morgan fingerprint density at radius 3 is 2.50 bits per heavy atom. The van der Waals surface area contributed by atoms with Gasteiger partial charge in [-0.25, -0.2) is 4.39 Å². The van der Waals surface area contributed by atoms with Crippen LogP contribution in [0.25, 0.3) is 11.3 Å². The summed E-state index contributed by atoms with van der Waals surface area (Å²) in [4.78, 5) is 18.4. The van der Waals surface area contributed by atoms with E-state index in [1.807, 2.05) is 36.7 Å². The van der Waals surface area contributed by atoms with E-state index >= 15 is 0 Å². The monoisotopic (exact) mass is 452 g/mol. The first-order valence-corrected chi connectivity index (χ1v) is 9.13. The van der Waals surface area contributed by atoms with Crippen molar-refractivity contribution in [1.82, 2.24) is 4.57 Å². The number of aryl methyl sites for hydroxylation is 1. The van der Waals surface area contributed by atoms with Crippen molar-refractivity contribution >= 4 is 39.8 Å². The fourth-order valence-corrected chi connectivity index (χ4v) is 4.07. The molecule has 0 N–H and O–H groups in total. The van der Waals surface area contributed by atoms with Crippen molar-refractivity contribution in [1.29, 1.82) is 0 Å². The smallest absolute Gasteiger partial charge is 0.280 e. The lowest BCUT2D eigenvalue weighted by Crippen LogP contribution is -2.14. The van der Waals surface area contributed by atoms with Gasteiger partial charge >= 0.3 is 0 Å². The second kappa shape index (κ2) is 6.98. The molecule has 0 aliphatic rings. The molecule has 0 saturated heterocycles. The minimum atomic E-state index is -0.270. The van der Waals surface area contributed by atoms with E-state index in [1.165, 1.54) is 23.5 Å². The van der Waals surface area contributed by atoms with E-state index in [-0.39, 0.29) is 11.7 Å². The third-order valence-corrected chi connectivity index (χ3v) is 5.61. The van der Waals surface area contributed by atoms with Crippen molar-refractivity contribution in [2.75, 3.05) is 0 Å². The highest BCUT2D eigenvalue weighted by molar-refractivity contribution is 14.1. The Balaban J connectivity index is 2.07. The number of rotatable bonds is 2. The quantitative estimate of drug-likeness (QED) is 0.526. The van der Waals surface area contributed by atoms with Crippen LogP contribution in [0.2, 0.25) is 0 Å². The summed E-state index contributed by atoms with van der Waals surface area (Å²) in [5.74, 6) is -0.532. The van der Waals surface area contributed by atoms with E-state index in [4.69, 9.17) is 0 Å². The number of hydrogen-bond donors (Lipinski definition) is 0. The van der Waals surface area contributed by atoms with E-state index < -0.39 is 0 Å². The molecule has 1 aromatic heterocycles. The molecule has 1 heterocycles. The van der Waals surface area contributed by atoms with Gasteiger partial charge in [-0.2, -0.15) is 4.99 Å². The van der Waals surface area contributed by atoms with Gasteiger partial charge in [0.15, 0.2) is 4.80 Å². The summed E-state index contributed by atoms with van der Waals surface area (Å²) in [6, 6.07) is 13.7. The molecular weight excluding hydrogens is 438 g/mol. The molecule has 122 valence electrons. The second-order valence-electron chi connectivity index (χ2n) is 5.25. The fourth-order valence-electron chi connectivity index (χ4n) is 2.47. The molecule has 3 nitrogen and oxygen atoms in total. The van der Waals surface area contributed by atoms with Crippen LogP contribution in [0.4, 0.5) is 4.39 Å². The van der Waals surface area contributed by atoms with Gasteiger partial charge in [0, 0.05) is 15.5 Å². The van der Waals surface area contributed by atoms with Crippen LogP contribution in [0, 0.1) is 16.3 Å². The van der Waals surface area contributed by atoms with Gasteiger partial charge in [-0.05, 0) is 71.5 Å². The maximum atomic E-state index is 13.1. The molecule has 0 radical (unpaired) electrons. The molecule has 0 unspecified atom stereocenters. The number of halogens is 2. The van der Waals surface area contributed by atoms with Crippen LogP contribution < -0.4 is 4.80 Å². The summed E-state index contributed by atoms with van der Waals surface area (Å²) >= 11 is 3.58. The molecule has 0 atom stereocenters. The van der Waals surface area contributed by atoms with Crippen molar-refractivity contribution in [2.24, 2.45) is 12.0 Å². The third kappa shape index (κ3) is 3.34. The maximum absolute atomic E-state index is 13.1. The number of carbonyl (C=O) groups excluding carboxylic acids is 1. The van der Waals surface area contributed by atoms with Crippen molar-refractivity contribution in [2.45, 2.75) is 6.92 Å². The van der Waals surface area contributed by atoms with Crippen LogP contribution in [0.3, 0.4) is 0 Å². The Bertz CT molecular complexity index is 973. The van der Waals surface area contributed by atoms with Crippen LogP contribution in [0.1, 0.15) is 15.2 Å². The first-order chi connectivity index (χ1) is 11.5. The number of aromatic nitrogens is 1. The maximum Gasteiger partial charge on any atom is 0.280 e. The van der Waals surface area contributed by atoms with Gasteiger partial charge in [-0.3, -0.25) is 4.79 Å². The molecular formula is C18H14FIN2OS. The summed E-state index contributed by atoms with van der Waals surface area (Å²) in [5, 5.41) is 0. The first-order valence-electron chi connectivity index (χ1n) is 7.23. The average molecular weight is 452 g/mol. The molecule has 6 heteroatoms. The highest BCUT2D eigenvalue weighted by Crippen LogP contribution is 2.24. The molecule has 0 fully saturated rings. The lowest BCUT2D eigenvalue weighted by atomic mass is 10.1. The standard InChI is InChI=1S/C18H14FIN2OS/c1-11-16(12-7-9-13(19)10-8-12)22(2)18(24-11)21-17(23)14-5-3-4-6-15(14)20/h3-10H,1-2H3. The van der Waals surface area contributed by atoms with E-state index in [0.29, 0.717) is 10.4 Å². The summed E-state index contributed by atoms with van der Waals surface area (Å²) in [7, 11) is 1.87. The minimum Gasteiger partial charge on any atom is -0.319 e. The summed E-state index contributed by atoms with van der Waals surface area (Å²) < 4.78 is 15.9. The van der Waals surface area contributed by atoms with Crippen LogP contribution in [0.5, 0.6) is 0 Å². The van der Waals surface area contributed by atoms with Gasteiger partial charge in [-0.1, -0.05) is 12.1 Å². The fraction of sp³-hybridized carbons (Fsp3) is 0.111. The minimum absolute atomic E-state index is 0.262. The number of amides is 1. The first kappa shape index (κ1) is 17.0. The van der Waals surface area contributed by atoms with Crippen molar-refractivity contribution in [3.63, 3.8) is 0 Å². The predicted molar refractivity (Wildman–Crippen MR) is 102 cm³/mol. The van der Waals surface area contributed by atoms with Gasteiger partial charge < -0.3 is 4.57 Å².